The molecule has 1 N–H and O–H groups in total. The van der Waals surface area contributed by atoms with Crippen LogP contribution in [0.1, 0.15) is 42.9 Å². The lowest BCUT2D eigenvalue weighted by Gasteiger charge is -2.44. The molecule has 2 aromatic rings. The van der Waals surface area contributed by atoms with Gasteiger partial charge in [-0.25, -0.2) is 8.42 Å². The van der Waals surface area contributed by atoms with Crippen LogP contribution in [0, 0.1) is 11.8 Å². The molecule has 10 heteroatoms. The lowest BCUT2D eigenvalue weighted by Crippen LogP contribution is -2.52. The smallest absolute Gasteiger partial charge is 0.391 e. The molecule has 2 fully saturated rings. The van der Waals surface area contributed by atoms with E-state index in [-0.39, 0.29) is 55.6 Å². The zero-order chi connectivity index (χ0) is 26.8. The Balaban J connectivity index is 1.58. The van der Waals surface area contributed by atoms with E-state index in [0.717, 1.165) is 11.8 Å². The van der Waals surface area contributed by atoms with E-state index in [1.54, 1.807) is 17.0 Å². The fraction of sp³-hybridized carbons (Fsp3) is 0.519. The van der Waals surface area contributed by atoms with Crippen molar-refractivity contribution < 1.29 is 31.5 Å². The second kappa shape index (κ2) is 11.0. The minimum Gasteiger partial charge on any atom is -0.396 e. The number of alkyl halides is 3. The fourth-order valence-corrected chi connectivity index (χ4v) is 6.54. The van der Waals surface area contributed by atoms with Crippen LogP contribution < -0.4 is 4.90 Å². The van der Waals surface area contributed by atoms with Crippen LogP contribution in [0.3, 0.4) is 0 Å². The van der Waals surface area contributed by atoms with Gasteiger partial charge in [-0.3, -0.25) is 4.79 Å². The van der Waals surface area contributed by atoms with E-state index >= 15 is 0 Å². The number of hydrogen-bond acceptors (Lipinski definition) is 5. The van der Waals surface area contributed by atoms with Crippen molar-refractivity contribution in [2.45, 2.75) is 49.2 Å². The Morgan fingerprint density at radius 3 is 2.30 bits per heavy atom. The largest absolute Gasteiger partial charge is 0.396 e. The highest BCUT2D eigenvalue weighted by Gasteiger charge is 2.44. The lowest BCUT2D eigenvalue weighted by molar-refractivity contribution is -0.185. The van der Waals surface area contributed by atoms with Crippen molar-refractivity contribution in [3.05, 3.63) is 59.7 Å². The zero-order valence-electron chi connectivity index (χ0n) is 20.8. The number of anilines is 1. The van der Waals surface area contributed by atoms with Gasteiger partial charge in [0.05, 0.1) is 16.9 Å². The van der Waals surface area contributed by atoms with Gasteiger partial charge in [0.15, 0.2) is 9.84 Å². The molecular weight excluding hydrogens is 505 g/mol. The zero-order valence-corrected chi connectivity index (χ0v) is 21.6. The van der Waals surface area contributed by atoms with Gasteiger partial charge in [0.1, 0.15) is 0 Å². The molecule has 1 aliphatic heterocycles. The number of halogens is 3. The van der Waals surface area contributed by atoms with Crippen LogP contribution in [-0.2, 0) is 21.1 Å². The summed E-state index contributed by atoms with van der Waals surface area (Å²) < 4.78 is 64.2. The normalized spacial score (nSPS) is 23.2. The van der Waals surface area contributed by atoms with Gasteiger partial charge in [0.25, 0.3) is 0 Å². The average Bonchev–Trinajstić information content (AvgIpc) is 2.88. The highest BCUT2D eigenvalue weighted by molar-refractivity contribution is 7.90. The Labute approximate surface area is 216 Å². The molecule has 0 unspecified atom stereocenters. The van der Waals surface area contributed by atoms with Crippen LogP contribution in [0.15, 0.2) is 53.4 Å². The molecule has 1 amide bonds. The summed E-state index contributed by atoms with van der Waals surface area (Å²) in [6, 6.07) is 14.4. The van der Waals surface area contributed by atoms with Gasteiger partial charge in [-0.05, 0) is 55.4 Å². The van der Waals surface area contributed by atoms with Crippen LogP contribution in [-0.4, -0.2) is 63.0 Å². The monoisotopic (exact) mass is 538 g/mol. The summed E-state index contributed by atoms with van der Waals surface area (Å²) in [5.74, 6) is -1.87. The van der Waals surface area contributed by atoms with Crippen LogP contribution >= 0.6 is 0 Å². The molecule has 37 heavy (non-hydrogen) atoms. The molecule has 6 nitrogen and oxygen atoms in total. The maximum atomic E-state index is 13.6. The first-order valence-electron chi connectivity index (χ1n) is 12.6. The molecule has 1 saturated carbocycles. The number of sulfone groups is 1. The molecule has 1 aliphatic carbocycles. The van der Waals surface area contributed by atoms with E-state index in [2.05, 4.69) is 0 Å². The van der Waals surface area contributed by atoms with Gasteiger partial charge < -0.3 is 14.9 Å². The van der Waals surface area contributed by atoms with Crippen molar-refractivity contribution in [1.29, 1.82) is 0 Å². The first-order valence-corrected chi connectivity index (χ1v) is 14.5. The summed E-state index contributed by atoms with van der Waals surface area (Å²) >= 11 is 0. The molecule has 1 atom stereocenters. The molecule has 1 heterocycles. The van der Waals surface area contributed by atoms with E-state index in [9.17, 15) is 31.5 Å². The first kappa shape index (κ1) is 27.4. The number of hydrogen-bond donors (Lipinski definition) is 1. The third kappa shape index (κ3) is 6.29. The molecule has 4 rings (SSSR count). The predicted molar refractivity (Wildman–Crippen MR) is 135 cm³/mol. The van der Waals surface area contributed by atoms with E-state index in [4.69, 9.17) is 0 Å². The molecular formula is C27H33F3N2O4S. The summed E-state index contributed by atoms with van der Waals surface area (Å²) in [6.07, 6.45) is -2.43. The van der Waals surface area contributed by atoms with Gasteiger partial charge >= 0.3 is 6.18 Å². The Kier molecular flexibility index (Phi) is 8.18. The van der Waals surface area contributed by atoms with Crippen molar-refractivity contribution in [1.82, 2.24) is 4.90 Å². The van der Waals surface area contributed by atoms with Crippen molar-refractivity contribution in [2.24, 2.45) is 11.8 Å². The molecule has 2 aromatic carbocycles. The summed E-state index contributed by atoms with van der Waals surface area (Å²) in [5.41, 5.74) is 2.18. The first-order chi connectivity index (χ1) is 17.5. The summed E-state index contributed by atoms with van der Waals surface area (Å²) in [6.45, 7) is 1.11. The molecule has 2 aliphatic rings. The Morgan fingerprint density at radius 2 is 1.70 bits per heavy atom. The Morgan fingerprint density at radius 1 is 1.03 bits per heavy atom. The number of nitrogens with zero attached hydrogens (tertiary/aromatic N) is 2. The number of piperazine rings is 1. The number of aliphatic hydroxyl groups is 1. The van der Waals surface area contributed by atoms with E-state index in [1.807, 2.05) is 41.3 Å². The third-order valence-corrected chi connectivity index (χ3v) is 8.76. The number of aliphatic hydroxyl groups excluding tert-OH is 1. The van der Waals surface area contributed by atoms with E-state index in [0.29, 0.717) is 30.9 Å². The average molecular weight is 539 g/mol. The van der Waals surface area contributed by atoms with E-state index in [1.165, 1.54) is 0 Å². The van der Waals surface area contributed by atoms with Crippen molar-refractivity contribution in [3.63, 3.8) is 0 Å². The highest BCUT2D eigenvalue weighted by Crippen LogP contribution is 2.41. The Hall–Kier alpha value is -2.59. The number of carbonyl (C=O) groups is 1. The molecule has 202 valence electrons. The maximum absolute atomic E-state index is 13.6. The van der Waals surface area contributed by atoms with Crippen LogP contribution in [0.5, 0.6) is 0 Å². The quantitative estimate of drug-likeness (QED) is 0.591. The summed E-state index contributed by atoms with van der Waals surface area (Å²) in [5, 5.41) is 9.33. The highest BCUT2D eigenvalue weighted by atomic mass is 32.2. The minimum atomic E-state index is -4.22. The summed E-state index contributed by atoms with van der Waals surface area (Å²) in [7, 11) is -3.52. The van der Waals surface area contributed by atoms with Crippen LogP contribution in [0.4, 0.5) is 18.9 Å². The van der Waals surface area contributed by atoms with Gasteiger partial charge in [-0.1, -0.05) is 36.4 Å². The van der Waals surface area contributed by atoms with Gasteiger partial charge in [0, 0.05) is 44.1 Å². The van der Waals surface area contributed by atoms with E-state index < -0.39 is 27.8 Å². The maximum Gasteiger partial charge on any atom is 0.391 e. The van der Waals surface area contributed by atoms with Crippen molar-refractivity contribution >= 4 is 21.4 Å². The second-order valence-corrected chi connectivity index (χ2v) is 12.0. The van der Waals surface area contributed by atoms with Gasteiger partial charge in [-0.15, -0.1) is 0 Å². The van der Waals surface area contributed by atoms with Gasteiger partial charge in [-0.2, -0.15) is 13.2 Å². The Bertz CT molecular complexity index is 1200. The molecule has 0 aromatic heterocycles. The van der Waals surface area contributed by atoms with Crippen LogP contribution in [0.25, 0.3) is 0 Å². The standard InChI is InChI=1S/C27H33F3N2O4S/c1-37(35,36)25-17-23(12-9-20(25)13-16-33)31-14-15-32(24(18-31)19-5-3-2-4-6-19)26(34)21-7-10-22(11-8-21)27(28,29)30/h2-6,9,12,17,21-22,24,33H,7-8,10-11,13-16,18H2,1H3/t21?,22?,24-/m1/s1. The molecule has 0 radical (unpaired) electrons. The second-order valence-electron chi connectivity index (χ2n) is 10.0. The fourth-order valence-electron chi connectivity index (χ4n) is 5.56. The SMILES string of the molecule is CS(=O)(=O)c1cc(N2CCN(C(=O)C3CCC(C(F)(F)F)CC3)[C@@H](c3ccccc3)C2)ccc1CCO. The number of rotatable bonds is 6. The molecule has 0 bridgehead atoms. The number of amides is 1. The number of carbonyl (C=O) groups excluding carboxylic acids is 1. The predicted octanol–water partition coefficient (Wildman–Crippen LogP) is 4.38. The van der Waals surface area contributed by atoms with Crippen molar-refractivity contribution in [2.75, 3.05) is 37.4 Å². The lowest BCUT2D eigenvalue weighted by atomic mass is 9.80. The topological polar surface area (TPSA) is 77.9 Å². The van der Waals surface area contributed by atoms with Crippen LogP contribution in [0.2, 0.25) is 0 Å². The minimum absolute atomic E-state index is 0.0235. The molecule has 1 saturated heterocycles. The van der Waals surface area contributed by atoms with Gasteiger partial charge in [0.2, 0.25) is 5.91 Å². The summed E-state index contributed by atoms with van der Waals surface area (Å²) in [4.78, 5) is 17.6. The third-order valence-electron chi connectivity index (χ3n) is 7.58. The molecule has 0 spiro atoms. The number of benzene rings is 2. The van der Waals surface area contributed by atoms with Crippen molar-refractivity contribution in [3.8, 4) is 0 Å².